The number of ether oxygens (including phenoxy) is 1. The van der Waals surface area contributed by atoms with Gasteiger partial charge in [-0.2, -0.15) is 0 Å². The fourth-order valence-corrected chi connectivity index (χ4v) is 1.93. The molecule has 0 heterocycles. The van der Waals surface area contributed by atoms with Gasteiger partial charge in [-0.3, -0.25) is 0 Å². The van der Waals surface area contributed by atoms with Crippen LogP contribution in [0.4, 0.5) is 0 Å². The highest BCUT2D eigenvalue weighted by Crippen LogP contribution is 2.30. The molecule has 0 bridgehead atoms. The number of nitrogens with two attached hydrogens (primary N) is 1. The summed E-state index contributed by atoms with van der Waals surface area (Å²) in [5, 5.41) is 0.612. The molecule has 3 heteroatoms. The van der Waals surface area contributed by atoms with Crippen molar-refractivity contribution in [1.82, 2.24) is 0 Å². The number of halogens is 1. The number of hydrogen-bond donors (Lipinski definition) is 1. The van der Waals surface area contributed by atoms with Gasteiger partial charge in [0.25, 0.3) is 0 Å². The summed E-state index contributed by atoms with van der Waals surface area (Å²) in [6.45, 7) is 4.57. The third kappa shape index (κ3) is 2.84. The molecule has 0 fully saturated rings. The molecular formula is C15H16ClNO. The van der Waals surface area contributed by atoms with Gasteiger partial charge in [-0.25, -0.2) is 0 Å². The van der Waals surface area contributed by atoms with Crippen LogP contribution in [-0.4, -0.2) is 0 Å². The van der Waals surface area contributed by atoms with E-state index < -0.39 is 0 Å². The van der Waals surface area contributed by atoms with Crippen molar-refractivity contribution >= 4 is 11.6 Å². The van der Waals surface area contributed by atoms with Gasteiger partial charge in [-0.05, 0) is 54.8 Å². The first-order valence-corrected chi connectivity index (χ1v) is 6.21. The fourth-order valence-electron chi connectivity index (χ4n) is 1.78. The predicted octanol–water partition coefficient (Wildman–Crippen LogP) is 4.21. The first kappa shape index (κ1) is 12.9. The molecule has 94 valence electrons. The Labute approximate surface area is 112 Å². The summed E-state index contributed by atoms with van der Waals surface area (Å²) in [4.78, 5) is 0. The Morgan fingerprint density at radius 1 is 1.11 bits per heavy atom. The van der Waals surface area contributed by atoms with Crippen LogP contribution in [0.25, 0.3) is 0 Å². The van der Waals surface area contributed by atoms with Crippen LogP contribution >= 0.6 is 11.6 Å². The standard InChI is InChI=1S/C15H16ClNO/c1-10-3-6-14(16)15(7-10)18-13-5-4-12(9-17)11(2)8-13/h3-8H,9,17H2,1-2H3. The van der Waals surface area contributed by atoms with Gasteiger partial charge >= 0.3 is 0 Å². The largest absolute Gasteiger partial charge is 0.456 e. The third-order valence-electron chi connectivity index (χ3n) is 2.85. The molecule has 2 rings (SSSR count). The van der Waals surface area contributed by atoms with Gasteiger partial charge in [0.15, 0.2) is 0 Å². The maximum absolute atomic E-state index is 6.10. The minimum Gasteiger partial charge on any atom is -0.456 e. The second kappa shape index (κ2) is 5.42. The van der Waals surface area contributed by atoms with Crippen molar-refractivity contribution in [1.29, 1.82) is 0 Å². The van der Waals surface area contributed by atoms with Crippen molar-refractivity contribution in [2.75, 3.05) is 0 Å². The molecule has 2 N–H and O–H groups in total. The quantitative estimate of drug-likeness (QED) is 0.898. The summed E-state index contributed by atoms with van der Waals surface area (Å²) in [5.41, 5.74) is 9.00. The van der Waals surface area contributed by atoms with Crippen LogP contribution in [0.3, 0.4) is 0 Å². The molecule has 0 saturated heterocycles. The average molecular weight is 262 g/mol. The smallest absolute Gasteiger partial charge is 0.146 e. The first-order chi connectivity index (χ1) is 8.60. The van der Waals surface area contributed by atoms with Gasteiger partial charge in [0.2, 0.25) is 0 Å². The Morgan fingerprint density at radius 2 is 1.89 bits per heavy atom. The van der Waals surface area contributed by atoms with Crippen molar-refractivity contribution in [2.24, 2.45) is 5.73 Å². The van der Waals surface area contributed by atoms with E-state index in [0.717, 1.165) is 22.4 Å². The number of rotatable bonds is 3. The van der Waals surface area contributed by atoms with Crippen LogP contribution < -0.4 is 10.5 Å². The molecule has 0 amide bonds. The lowest BCUT2D eigenvalue weighted by Gasteiger charge is -2.10. The summed E-state index contributed by atoms with van der Waals surface area (Å²) in [6, 6.07) is 11.6. The van der Waals surface area contributed by atoms with Gasteiger partial charge < -0.3 is 10.5 Å². The van der Waals surface area contributed by atoms with Crippen molar-refractivity contribution in [2.45, 2.75) is 20.4 Å². The molecule has 0 spiro atoms. The number of benzene rings is 2. The van der Waals surface area contributed by atoms with Gasteiger partial charge in [0.1, 0.15) is 11.5 Å². The van der Waals surface area contributed by atoms with E-state index in [2.05, 4.69) is 0 Å². The Balaban J connectivity index is 2.28. The zero-order valence-corrected chi connectivity index (χ0v) is 11.3. The summed E-state index contributed by atoms with van der Waals surface area (Å²) in [5.74, 6) is 1.45. The van der Waals surface area contributed by atoms with Crippen molar-refractivity contribution < 1.29 is 4.74 Å². The topological polar surface area (TPSA) is 35.2 Å². The molecule has 0 radical (unpaired) electrons. The molecule has 0 aliphatic heterocycles. The molecule has 2 aromatic rings. The Morgan fingerprint density at radius 3 is 2.56 bits per heavy atom. The molecule has 0 aromatic heterocycles. The normalized spacial score (nSPS) is 10.4. The third-order valence-corrected chi connectivity index (χ3v) is 3.16. The highest BCUT2D eigenvalue weighted by Gasteiger charge is 2.05. The predicted molar refractivity (Wildman–Crippen MR) is 75.3 cm³/mol. The lowest BCUT2D eigenvalue weighted by molar-refractivity contribution is 0.482. The fraction of sp³-hybridized carbons (Fsp3) is 0.200. The summed E-state index contributed by atoms with van der Waals surface area (Å²) < 4.78 is 5.80. The van der Waals surface area contributed by atoms with E-state index in [1.807, 2.05) is 50.2 Å². The monoisotopic (exact) mass is 261 g/mol. The molecule has 0 unspecified atom stereocenters. The Kier molecular flexibility index (Phi) is 3.90. The molecule has 0 atom stereocenters. The van der Waals surface area contributed by atoms with E-state index >= 15 is 0 Å². The average Bonchev–Trinajstić information content (AvgIpc) is 2.34. The maximum atomic E-state index is 6.10. The van der Waals surface area contributed by atoms with E-state index in [1.54, 1.807) is 0 Å². The van der Waals surface area contributed by atoms with Crippen molar-refractivity contribution in [3.63, 3.8) is 0 Å². The molecule has 0 saturated carbocycles. The second-order valence-electron chi connectivity index (χ2n) is 4.33. The highest BCUT2D eigenvalue weighted by atomic mass is 35.5. The van der Waals surface area contributed by atoms with E-state index in [-0.39, 0.29) is 0 Å². The summed E-state index contributed by atoms with van der Waals surface area (Å²) >= 11 is 6.10. The Hall–Kier alpha value is -1.51. The first-order valence-electron chi connectivity index (χ1n) is 5.84. The van der Waals surface area contributed by atoms with E-state index in [9.17, 15) is 0 Å². The second-order valence-corrected chi connectivity index (χ2v) is 4.74. The van der Waals surface area contributed by atoms with Crippen LogP contribution in [0.15, 0.2) is 36.4 Å². The zero-order valence-electron chi connectivity index (χ0n) is 10.5. The lowest BCUT2D eigenvalue weighted by atomic mass is 10.1. The van der Waals surface area contributed by atoms with Gasteiger partial charge in [0, 0.05) is 6.54 Å². The van der Waals surface area contributed by atoms with Crippen molar-refractivity contribution in [3.05, 3.63) is 58.1 Å². The molecule has 18 heavy (non-hydrogen) atoms. The lowest BCUT2D eigenvalue weighted by Crippen LogP contribution is -1.99. The van der Waals surface area contributed by atoms with Crippen LogP contribution in [0.2, 0.25) is 5.02 Å². The van der Waals surface area contributed by atoms with Crippen LogP contribution in [-0.2, 0) is 6.54 Å². The van der Waals surface area contributed by atoms with Gasteiger partial charge in [-0.1, -0.05) is 23.7 Å². The van der Waals surface area contributed by atoms with E-state index in [4.69, 9.17) is 22.1 Å². The minimum atomic E-state index is 0.539. The zero-order chi connectivity index (χ0) is 13.1. The van der Waals surface area contributed by atoms with Gasteiger partial charge in [0.05, 0.1) is 5.02 Å². The molecule has 2 aromatic carbocycles. The molecule has 0 aliphatic rings. The number of hydrogen-bond acceptors (Lipinski definition) is 2. The summed E-state index contributed by atoms with van der Waals surface area (Å²) in [7, 11) is 0. The van der Waals surface area contributed by atoms with Crippen molar-refractivity contribution in [3.8, 4) is 11.5 Å². The SMILES string of the molecule is Cc1ccc(Cl)c(Oc2ccc(CN)c(C)c2)c1. The van der Waals surface area contributed by atoms with Crippen LogP contribution in [0.1, 0.15) is 16.7 Å². The molecular weight excluding hydrogens is 246 g/mol. The summed E-state index contributed by atoms with van der Waals surface area (Å²) in [6.07, 6.45) is 0. The minimum absolute atomic E-state index is 0.539. The van der Waals surface area contributed by atoms with E-state index in [1.165, 1.54) is 0 Å². The highest BCUT2D eigenvalue weighted by molar-refractivity contribution is 6.32. The molecule has 2 nitrogen and oxygen atoms in total. The van der Waals surface area contributed by atoms with E-state index in [0.29, 0.717) is 17.3 Å². The maximum Gasteiger partial charge on any atom is 0.146 e. The van der Waals surface area contributed by atoms with Gasteiger partial charge in [-0.15, -0.1) is 0 Å². The Bertz CT molecular complexity index is 566. The number of aryl methyl sites for hydroxylation is 2. The van der Waals surface area contributed by atoms with Crippen LogP contribution in [0, 0.1) is 13.8 Å². The molecule has 0 aliphatic carbocycles. The van der Waals surface area contributed by atoms with Crippen LogP contribution in [0.5, 0.6) is 11.5 Å².